The Bertz CT molecular complexity index is 382. The highest BCUT2D eigenvalue weighted by Crippen LogP contribution is 2.08. The molecule has 2 heterocycles. The fourth-order valence-electron chi connectivity index (χ4n) is 1.07. The van der Waals surface area contributed by atoms with Crippen LogP contribution in [0.25, 0.3) is 10.9 Å². The van der Waals surface area contributed by atoms with Crippen LogP contribution in [0.1, 0.15) is 5.69 Å². The van der Waals surface area contributed by atoms with Gasteiger partial charge in [0.05, 0.1) is 11.7 Å². The zero-order valence-electron chi connectivity index (χ0n) is 6.28. The van der Waals surface area contributed by atoms with E-state index in [1.807, 2.05) is 19.1 Å². The third kappa shape index (κ3) is 1.07. The molecule has 0 aliphatic heterocycles. The maximum Gasteiger partial charge on any atom is 0.0888 e. The van der Waals surface area contributed by atoms with Crippen molar-refractivity contribution in [3.63, 3.8) is 0 Å². The van der Waals surface area contributed by atoms with Crippen molar-refractivity contribution in [3.8, 4) is 0 Å². The molecule has 11 heavy (non-hydrogen) atoms. The van der Waals surface area contributed by atoms with Gasteiger partial charge in [0.1, 0.15) is 0 Å². The number of aromatic nitrogens is 2. The molecule has 0 N–H and O–H groups in total. The van der Waals surface area contributed by atoms with Crippen LogP contribution in [0.15, 0.2) is 30.6 Å². The molecule has 0 aromatic carbocycles. The van der Waals surface area contributed by atoms with E-state index in [1.54, 1.807) is 12.4 Å². The molecule has 54 valence electrons. The lowest BCUT2D eigenvalue weighted by Crippen LogP contribution is -1.82. The number of fused-ring (bicyclic) bond motifs is 1. The maximum atomic E-state index is 4.31. The van der Waals surface area contributed by atoms with Gasteiger partial charge in [-0.2, -0.15) is 0 Å². The molecule has 2 heteroatoms. The SMILES string of the molecule is Cc1ccc2ccncc2n1. The van der Waals surface area contributed by atoms with Crippen LogP contribution in [-0.2, 0) is 0 Å². The summed E-state index contributed by atoms with van der Waals surface area (Å²) in [5.41, 5.74) is 2.00. The quantitative estimate of drug-likeness (QED) is 0.564. The second kappa shape index (κ2) is 2.31. The van der Waals surface area contributed by atoms with E-state index in [0.29, 0.717) is 0 Å². The Hall–Kier alpha value is -1.44. The highest BCUT2D eigenvalue weighted by atomic mass is 14.7. The van der Waals surface area contributed by atoms with Gasteiger partial charge in [0.15, 0.2) is 0 Å². The molecular weight excluding hydrogens is 136 g/mol. The zero-order valence-corrected chi connectivity index (χ0v) is 6.28. The minimum atomic E-state index is 0.965. The molecule has 0 amide bonds. The Morgan fingerprint density at radius 2 is 2.09 bits per heavy atom. The highest BCUT2D eigenvalue weighted by molar-refractivity contribution is 5.77. The predicted octanol–water partition coefficient (Wildman–Crippen LogP) is 1.94. The number of hydrogen-bond acceptors (Lipinski definition) is 2. The van der Waals surface area contributed by atoms with E-state index >= 15 is 0 Å². The molecule has 0 aliphatic rings. The summed E-state index contributed by atoms with van der Waals surface area (Å²) in [5, 5.41) is 1.14. The Morgan fingerprint density at radius 3 is 3.00 bits per heavy atom. The Kier molecular flexibility index (Phi) is 1.32. The number of pyridine rings is 2. The standard InChI is InChI=1S/C9H8N2/c1-7-2-3-8-4-5-10-6-9(8)11-7/h2-6H,1H3. The molecule has 0 saturated heterocycles. The molecule has 2 nitrogen and oxygen atoms in total. The Morgan fingerprint density at radius 1 is 1.18 bits per heavy atom. The maximum absolute atomic E-state index is 4.31. The summed E-state index contributed by atoms with van der Waals surface area (Å²) in [7, 11) is 0. The van der Waals surface area contributed by atoms with Gasteiger partial charge >= 0.3 is 0 Å². The highest BCUT2D eigenvalue weighted by Gasteiger charge is 1.91. The van der Waals surface area contributed by atoms with Crippen molar-refractivity contribution >= 4 is 10.9 Å². The topological polar surface area (TPSA) is 25.8 Å². The van der Waals surface area contributed by atoms with Gasteiger partial charge in [0.2, 0.25) is 0 Å². The number of hydrogen-bond donors (Lipinski definition) is 0. The Labute approximate surface area is 64.9 Å². The normalized spacial score (nSPS) is 10.3. The molecule has 0 radical (unpaired) electrons. The van der Waals surface area contributed by atoms with E-state index in [9.17, 15) is 0 Å². The molecule has 0 aliphatic carbocycles. The monoisotopic (exact) mass is 144 g/mol. The van der Waals surface area contributed by atoms with Gasteiger partial charge in [-0.1, -0.05) is 6.07 Å². The van der Waals surface area contributed by atoms with Crippen molar-refractivity contribution in [2.24, 2.45) is 0 Å². The van der Waals surface area contributed by atoms with Crippen LogP contribution in [0.3, 0.4) is 0 Å². The fourth-order valence-corrected chi connectivity index (χ4v) is 1.07. The van der Waals surface area contributed by atoms with E-state index in [2.05, 4.69) is 16.0 Å². The molecule has 0 fully saturated rings. The second-order valence-electron chi connectivity index (χ2n) is 2.52. The zero-order chi connectivity index (χ0) is 7.68. The van der Waals surface area contributed by atoms with Gasteiger partial charge in [0, 0.05) is 17.3 Å². The van der Waals surface area contributed by atoms with Crippen LogP contribution < -0.4 is 0 Å². The summed E-state index contributed by atoms with van der Waals surface area (Å²) in [6.07, 6.45) is 3.56. The first-order chi connectivity index (χ1) is 5.36. The van der Waals surface area contributed by atoms with E-state index in [1.165, 1.54) is 0 Å². The lowest BCUT2D eigenvalue weighted by atomic mass is 10.2. The molecule has 2 aromatic heterocycles. The average molecular weight is 144 g/mol. The molecule has 0 bridgehead atoms. The predicted molar refractivity (Wildman–Crippen MR) is 44.3 cm³/mol. The second-order valence-corrected chi connectivity index (χ2v) is 2.52. The van der Waals surface area contributed by atoms with E-state index in [0.717, 1.165) is 16.6 Å². The Balaban J connectivity index is 2.83. The van der Waals surface area contributed by atoms with Crippen molar-refractivity contribution in [2.75, 3.05) is 0 Å². The first kappa shape index (κ1) is 6.28. The average Bonchev–Trinajstić information content (AvgIpc) is 2.04. The first-order valence-corrected chi connectivity index (χ1v) is 3.53. The van der Waals surface area contributed by atoms with Crippen molar-refractivity contribution in [2.45, 2.75) is 6.92 Å². The molecule has 2 rings (SSSR count). The van der Waals surface area contributed by atoms with Crippen LogP contribution in [0.4, 0.5) is 0 Å². The minimum absolute atomic E-state index is 0.965. The van der Waals surface area contributed by atoms with Gasteiger partial charge in [-0.05, 0) is 19.1 Å². The summed E-state index contributed by atoms with van der Waals surface area (Å²) in [6.45, 7) is 1.98. The van der Waals surface area contributed by atoms with E-state index in [-0.39, 0.29) is 0 Å². The van der Waals surface area contributed by atoms with Crippen LogP contribution in [-0.4, -0.2) is 9.97 Å². The van der Waals surface area contributed by atoms with Crippen LogP contribution in [0.2, 0.25) is 0 Å². The number of rotatable bonds is 0. The lowest BCUT2D eigenvalue weighted by molar-refractivity contribution is 1.23. The van der Waals surface area contributed by atoms with Gasteiger partial charge in [0.25, 0.3) is 0 Å². The summed E-state index contributed by atoms with van der Waals surface area (Å²) in [6, 6.07) is 6.02. The van der Waals surface area contributed by atoms with Gasteiger partial charge in [-0.15, -0.1) is 0 Å². The van der Waals surface area contributed by atoms with Gasteiger partial charge < -0.3 is 0 Å². The van der Waals surface area contributed by atoms with Crippen molar-refractivity contribution in [1.29, 1.82) is 0 Å². The summed E-state index contributed by atoms with van der Waals surface area (Å²) in [4.78, 5) is 8.30. The summed E-state index contributed by atoms with van der Waals surface area (Å²) >= 11 is 0. The third-order valence-electron chi connectivity index (χ3n) is 1.63. The minimum Gasteiger partial charge on any atom is -0.262 e. The fraction of sp³-hybridized carbons (Fsp3) is 0.111. The molecular formula is C9H8N2. The molecule has 0 atom stereocenters. The summed E-state index contributed by atoms with van der Waals surface area (Å²) < 4.78 is 0. The van der Waals surface area contributed by atoms with Crippen molar-refractivity contribution in [1.82, 2.24) is 9.97 Å². The van der Waals surface area contributed by atoms with Gasteiger partial charge in [-0.25, -0.2) is 0 Å². The van der Waals surface area contributed by atoms with Crippen LogP contribution in [0, 0.1) is 6.92 Å². The number of nitrogens with zero attached hydrogens (tertiary/aromatic N) is 2. The first-order valence-electron chi connectivity index (χ1n) is 3.53. The van der Waals surface area contributed by atoms with E-state index in [4.69, 9.17) is 0 Å². The molecule has 2 aromatic rings. The molecule has 0 saturated carbocycles. The summed E-state index contributed by atoms with van der Waals surface area (Å²) in [5.74, 6) is 0. The lowest BCUT2D eigenvalue weighted by Gasteiger charge is -1.95. The molecule has 0 unspecified atom stereocenters. The largest absolute Gasteiger partial charge is 0.262 e. The van der Waals surface area contributed by atoms with Gasteiger partial charge in [-0.3, -0.25) is 9.97 Å². The number of aryl methyl sites for hydroxylation is 1. The third-order valence-corrected chi connectivity index (χ3v) is 1.63. The molecule has 0 spiro atoms. The van der Waals surface area contributed by atoms with Crippen LogP contribution >= 0.6 is 0 Å². The van der Waals surface area contributed by atoms with E-state index < -0.39 is 0 Å². The smallest absolute Gasteiger partial charge is 0.0888 e. The van der Waals surface area contributed by atoms with Crippen molar-refractivity contribution in [3.05, 3.63) is 36.3 Å². The van der Waals surface area contributed by atoms with Crippen LogP contribution in [0.5, 0.6) is 0 Å². The van der Waals surface area contributed by atoms with Crippen molar-refractivity contribution < 1.29 is 0 Å².